The summed E-state index contributed by atoms with van der Waals surface area (Å²) < 4.78 is 1.09. The molecule has 0 aliphatic rings. The van der Waals surface area contributed by atoms with E-state index in [-0.39, 0.29) is 5.41 Å². The number of hydrogen-bond acceptors (Lipinski definition) is 4. The van der Waals surface area contributed by atoms with E-state index in [0.29, 0.717) is 0 Å². The van der Waals surface area contributed by atoms with Gasteiger partial charge in [-0.1, -0.05) is 20.8 Å². The molecule has 0 amide bonds. The van der Waals surface area contributed by atoms with E-state index in [4.69, 9.17) is 4.98 Å². The van der Waals surface area contributed by atoms with Gasteiger partial charge < -0.3 is 5.32 Å². The minimum Gasteiger partial charge on any atom is -0.372 e. The molecular weight excluding hydrogens is 363 g/mol. The van der Waals surface area contributed by atoms with Gasteiger partial charge in [0.15, 0.2) is 0 Å². The van der Waals surface area contributed by atoms with Crippen LogP contribution in [0.4, 0.5) is 5.82 Å². The Labute approximate surface area is 133 Å². The molecule has 2 aromatic heterocycles. The molecule has 0 radical (unpaired) electrons. The third-order valence-corrected chi connectivity index (χ3v) is 3.98. The van der Waals surface area contributed by atoms with Gasteiger partial charge in [-0.25, -0.2) is 9.97 Å². The average Bonchev–Trinajstić information content (AvgIpc) is 2.40. The molecule has 4 nitrogen and oxygen atoms in total. The molecule has 0 aromatic carbocycles. The fraction of sp³-hybridized carbons (Fsp3) is 0.400. The van der Waals surface area contributed by atoms with E-state index in [0.717, 1.165) is 27.3 Å². The SMILES string of the molecule is CNc1nc(Cc2ccncc2)nc(C(C)(C)C)c1I. The van der Waals surface area contributed by atoms with Gasteiger partial charge in [0, 0.05) is 31.3 Å². The summed E-state index contributed by atoms with van der Waals surface area (Å²) in [6, 6.07) is 3.99. The highest BCUT2D eigenvalue weighted by atomic mass is 127. The van der Waals surface area contributed by atoms with Crippen LogP contribution in [0.1, 0.15) is 37.9 Å². The molecule has 2 aromatic rings. The molecule has 0 saturated heterocycles. The molecule has 20 heavy (non-hydrogen) atoms. The average molecular weight is 382 g/mol. The van der Waals surface area contributed by atoms with Crippen molar-refractivity contribution < 1.29 is 0 Å². The Morgan fingerprint density at radius 1 is 1.15 bits per heavy atom. The van der Waals surface area contributed by atoms with Gasteiger partial charge in [-0.05, 0) is 40.3 Å². The standard InChI is InChI=1S/C15H19IN4/c1-15(2,3)13-12(16)14(17-4)20-11(19-13)9-10-5-7-18-8-6-10/h5-8H,9H2,1-4H3,(H,17,19,20). The van der Waals surface area contributed by atoms with Crippen LogP contribution >= 0.6 is 22.6 Å². The highest BCUT2D eigenvalue weighted by molar-refractivity contribution is 14.1. The van der Waals surface area contributed by atoms with Gasteiger partial charge in [0.2, 0.25) is 0 Å². The molecule has 5 heteroatoms. The zero-order chi connectivity index (χ0) is 14.8. The van der Waals surface area contributed by atoms with Crippen molar-refractivity contribution in [1.29, 1.82) is 0 Å². The summed E-state index contributed by atoms with van der Waals surface area (Å²) in [5.41, 5.74) is 2.25. The van der Waals surface area contributed by atoms with Gasteiger partial charge >= 0.3 is 0 Å². The van der Waals surface area contributed by atoms with Crippen LogP contribution in [0.3, 0.4) is 0 Å². The first-order valence-electron chi connectivity index (χ1n) is 6.55. The van der Waals surface area contributed by atoms with E-state index >= 15 is 0 Å². The molecule has 0 aliphatic heterocycles. The van der Waals surface area contributed by atoms with E-state index in [2.05, 4.69) is 58.6 Å². The Hall–Kier alpha value is -1.24. The van der Waals surface area contributed by atoms with Crippen LogP contribution < -0.4 is 5.32 Å². The molecule has 0 aliphatic carbocycles. The van der Waals surface area contributed by atoms with Crippen molar-refractivity contribution >= 4 is 28.4 Å². The smallest absolute Gasteiger partial charge is 0.143 e. The zero-order valence-corrected chi connectivity index (χ0v) is 14.4. The molecule has 2 heterocycles. The summed E-state index contributed by atoms with van der Waals surface area (Å²) in [7, 11) is 1.90. The molecule has 1 N–H and O–H groups in total. The van der Waals surface area contributed by atoms with Crippen molar-refractivity contribution in [3.8, 4) is 0 Å². The zero-order valence-electron chi connectivity index (χ0n) is 12.2. The molecule has 0 spiro atoms. The number of pyridine rings is 1. The second-order valence-corrected chi connectivity index (χ2v) is 6.76. The van der Waals surface area contributed by atoms with Crippen molar-refractivity contribution in [2.24, 2.45) is 0 Å². The van der Waals surface area contributed by atoms with Crippen LogP contribution in [0, 0.1) is 3.57 Å². The van der Waals surface area contributed by atoms with Crippen LogP contribution in [-0.2, 0) is 11.8 Å². The summed E-state index contributed by atoms with van der Waals surface area (Å²) in [6.07, 6.45) is 4.31. The Balaban J connectivity index is 2.44. The van der Waals surface area contributed by atoms with Gasteiger partial charge in [0.25, 0.3) is 0 Å². The molecule has 0 bridgehead atoms. The maximum absolute atomic E-state index is 4.77. The van der Waals surface area contributed by atoms with Crippen molar-refractivity contribution in [2.45, 2.75) is 32.6 Å². The number of nitrogens with one attached hydrogen (secondary N) is 1. The van der Waals surface area contributed by atoms with Crippen LogP contribution in [0.2, 0.25) is 0 Å². The molecular formula is C15H19IN4. The molecule has 2 rings (SSSR count). The number of halogens is 1. The first-order chi connectivity index (χ1) is 9.41. The second-order valence-electron chi connectivity index (χ2n) is 5.68. The predicted molar refractivity (Wildman–Crippen MR) is 90.0 cm³/mol. The van der Waals surface area contributed by atoms with E-state index in [1.54, 1.807) is 12.4 Å². The minimum atomic E-state index is -0.00193. The lowest BCUT2D eigenvalue weighted by atomic mass is 9.91. The van der Waals surface area contributed by atoms with Gasteiger partial charge in [-0.15, -0.1) is 0 Å². The van der Waals surface area contributed by atoms with E-state index in [1.807, 2.05) is 19.2 Å². The Morgan fingerprint density at radius 2 is 1.80 bits per heavy atom. The van der Waals surface area contributed by atoms with Crippen molar-refractivity contribution in [3.63, 3.8) is 0 Å². The van der Waals surface area contributed by atoms with Gasteiger partial charge in [-0.2, -0.15) is 0 Å². The van der Waals surface area contributed by atoms with E-state index < -0.39 is 0 Å². The Kier molecular flexibility index (Phi) is 4.57. The summed E-state index contributed by atoms with van der Waals surface area (Å²) >= 11 is 2.32. The lowest BCUT2D eigenvalue weighted by molar-refractivity contribution is 0.559. The van der Waals surface area contributed by atoms with Gasteiger partial charge in [-0.3, -0.25) is 4.98 Å². The molecule has 0 saturated carbocycles. The van der Waals surface area contributed by atoms with E-state index in [9.17, 15) is 0 Å². The number of anilines is 1. The lowest BCUT2D eigenvalue weighted by Gasteiger charge is -2.21. The molecule has 0 unspecified atom stereocenters. The summed E-state index contributed by atoms with van der Waals surface area (Å²) in [5.74, 6) is 1.74. The van der Waals surface area contributed by atoms with Crippen molar-refractivity contribution in [3.05, 3.63) is 45.2 Å². The normalized spacial score (nSPS) is 11.4. The molecule has 0 fully saturated rings. The number of aromatic nitrogens is 3. The molecule has 0 atom stereocenters. The van der Waals surface area contributed by atoms with Crippen LogP contribution in [0.25, 0.3) is 0 Å². The van der Waals surface area contributed by atoms with E-state index in [1.165, 1.54) is 5.56 Å². The maximum Gasteiger partial charge on any atom is 0.143 e. The highest BCUT2D eigenvalue weighted by Crippen LogP contribution is 2.29. The Bertz CT molecular complexity index is 591. The Morgan fingerprint density at radius 3 is 2.35 bits per heavy atom. The highest BCUT2D eigenvalue weighted by Gasteiger charge is 2.22. The van der Waals surface area contributed by atoms with Crippen LogP contribution in [0.5, 0.6) is 0 Å². The third-order valence-electron chi connectivity index (χ3n) is 2.96. The summed E-state index contributed by atoms with van der Waals surface area (Å²) in [4.78, 5) is 13.4. The quantitative estimate of drug-likeness (QED) is 0.827. The number of hydrogen-bond donors (Lipinski definition) is 1. The number of rotatable bonds is 3. The third kappa shape index (κ3) is 3.45. The van der Waals surface area contributed by atoms with Crippen LogP contribution in [0.15, 0.2) is 24.5 Å². The largest absolute Gasteiger partial charge is 0.372 e. The summed E-state index contributed by atoms with van der Waals surface area (Å²) in [6.45, 7) is 6.52. The lowest BCUT2D eigenvalue weighted by Crippen LogP contribution is -2.19. The minimum absolute atomic E-state index is 0.00193. The first-order valence-corrected chi connectivity index (χ1v) is 7.63. The van der Waals surface area contributed by atoms with Gasteiger partial charge in [0.1, 0.15) is 11.6 Å². The fourth-order valence-corrected chi connectivity index (χ4v) is 3.24. The topological polar surface area (TPSA) is 50.7 Å². The molecule has 106 valence electrons. The van der Waals surface area contributed by atoms with Crippen LogP contribution in [-0.4, -0.2) is 22.0 Å². The second kappa shape index (κ2) is 6.03. The fourth-order valence-electron chi connectivity index (χ4n) is 1.92. The predicted octanol–water partition coefficient (Wildman–Crippen LogP) is 3.41. The monoisotopic (exact) mass is 382 g/mol. The maximum atomic E-state index is 4.77. The summed E-state index contributed by atoms with van der Waals surface area (Å²) in [5, 5.41) is 3.16. The van der Waals surface area contributed by atoms with Crippen molar-refractivity contribution in [2.75, 3.05) is 12.4 Å². The van der Waals surface area contributed by atoms with Crippen molar-refractivity contribution in [1.82, 2.24) is 15.0 Å². The first kappa shape index (κ1) is 15.2. The number of nitrogens with zero attached hydrogens (tertiary/aromatic N) is 3. The van der Waals surface area contributed by atoms with Gasteiger partial charge in [0.05, 0.1) is 9.26 Å².